The SMILES string of the molecule is COC(=O)COc1ccc(C=NNC(=O)CN(c2ccc(C)cc2)S(C)(=O)=O)cc1. The Balaban J connectivity index is 1.94. The van der Waals surface area contributed by atoms with Gasteiger partial charge in [0.15, 0.2) is 6.61 Å². The smallest absolute Gasteiger partial charge is 0.343 e. The van der Waals surface area contributed by atoms with Crippen LogP contribution in [-0.2, 0) is 24.3 Å². The van der Waals surface area contributed by atoms with Crippen LogP contribution in [0.4, 0.5) is 5.69 Å². The van der Waals surface area contributed by atoms with E-state index in [1.54, 1.807) is 48.5 Å². The van der Waals surface area contributed by atoms with Gasteiger partial charge in [-0.1, -0.05) is 17.7 Å². The maximum atomic E-state index is 12.2. The van der Waals surface area contributed by atoms with Gasteiger partial charge in [-0.15, -0.1) is 0 Å². The number of amides is 1. The van der Waals surface area contributed by atoms with E-state index >= 15 is 0 Å². The molecular formula is C20H23N3O6S. The van der Waals surface area contributed by atoms with Crippen LogP contribution in [0.1, 0.15) is 11.1 Å². The lowest BCUT2D eigenvalue weighted by Gasteiger charge is -2.21. The monoisotopic (exact) mass is 433 g/mol. The van der Waals surface area contributed by atoms with Crippen molar-refractivity contribution < 1.29 is 27.5 Å². The summed E-state index contributed by atoms with van der Waals surface area (Å²) in [5.74, 6) is -0.601. The van der Waals surface area contributed by atoms with Crippen molar-refractivity contribution in [1.29, 1.82) is 0 Å². The van der Waals surface area contributed by atoms with Gasteiger partial charge in [-0.05, 0) is 48.9 Å². The molecule has 0 fully saturated rings. The molecule has 1 amide bonds. The van der Waals surface area contributed by atoms with E-state index in [9.17, 15) is 18.0 Å². The molecule has 0 saturated carbocycles. The third-order valence-corrected chi connectivity index (χ3v) is 5.02. The molecule has 10 heteroatoms. The molecule has 0 aliphatic heterocycles. The third-order valence-electron chi connectivity index (χ3n) is 3.88. The number of esters is 1. The van der Waals surface area contributed by atoms with Crippen LogP contribution in [0.3, 0.4) is 0 Å². The summed E-state index contributed by atoms with van der Waals surface area (Å²) < 4.78 is 34.8. The highest BCUT2D eigenvalue weighted by atomic mass is 32.2. The van der Waals surface area contributed by atoms with Crippen LogP contribution < -0.4 is 14.5 Å². The van der Waals surface area contributed by atoms with Gasteiger partial charge in [0.05, 0.1) is 25.3 Å². The van der Waals surface area contributed by atoms with Crippen molar-refractivity contribution in [3.05, 3.63) is 59.7 Å². The number of carbonyl (C=O) groups excluding carboxylic acids is 2. The van der Waals surface area contributed by atoms with Crippen LogP contribution in [0.15, 0.2) is 53.6 Å². The summed E-state index contributed by atoms with van der Waals surface area (Å²) in [6.45, 7) is 1.28. The van der Waals surface area contributed by atoms with Crippen LogP contribution in [0.25, 0.3) is 0 Å². The highest BCUT2D eigenvalue weighted by Gasteiger charge is 2.20. The number of hydrogen-bond donors (Lipinski definition) is 1. The zero-order valence-corrected chi connectivity index (χ0v) is 17.7. The Morgan fingerprint density at radius 3 is 2.30 bits per heavy atom. The van der Waals surface area contributed by atoms with Gasteiger partial charge in [-0.3, -0.25) is 9.10 Å². The summed E-state index contributed by atoms with van der Waals surface area (Å²) >= 11 is 0. The van der Waals surface area contributed by atoms with Crippen molar-refractivity contribution in [1.82, 2.24) is 5.43 Å². The summed E-state index contributed by atoms with van der Waals surface area (Å²) in [4.78, 5) is 23.2. The second kappa shape index (κ2) is 10.4. The van der Waals surface area contributed by atoms with Crippen molar-refractivity contribution in [2.45, 2.75) is 6.92 Å². The van der Waals surface area contributed by atoms with Gasteiger partial charge >= 0.3 is 5.97 Å². The molecule has 0 aliphatic rings. The molecule has 0 unspecified atom stereocenters. The molecule has 0 saturated heterocycles. The Bertz CT molecular complexity index is 1000. The fraction of sp³-hybridized carbons (Fsp3) is 0.250. The average molecular weight is 433 g/mol. The average Bonchev–Trinajstić information content (AvgIpc) is 2.71. The number of carbonyl (C=O) groups is 2. The maximum Gasteiger partial charge on any atom is 0.343 e. The summed E-state index contributed by atoms with van der Waals surface area (Å²) in [6, 6.07) is 13.4. The van der Waals surface area contributed by atoms with Gasteiger partial charge in [0.1, 0.15) is 12.3 Å². The van der Waals surface area contributed by atoms with Crippen LogP contribution >= 0.6 is 0 Å². The lowest BCUT2D eigenvalue weighted by molar-refractivity contribution is -0.142. The quantitative estimate of drug-likeness (QED) is 0.364. The standard InChI is InChI=1S/C20H23N3O6S/c1-15-4-8-17(9-5-15)23(30(3,26)27)13-19(24)22-21-12-16-6-10-18(11-7-16)29-14-20(25)28-2/h4-12H,13-14H2,1-3H3,(H,22,24). The molecule has 0 radical (unpaired) electrons. The molecule has 0 aliphatic carbocycles. The fourth-order valence-corrected chi connectivity index (χ4v) is 3.16. The Labute approximate surface area is 175 Å². The molecule has 9 nitrogen and oxygen atoms in total. The van der Waals surface area contributed by atoms with Crippen LogP contribution in [0.5, 0.6) is 5.75 Å². The summed E-state index contributed by atoms with van der Waals surface area (Å²) in [5.41, 5.74) is 4.34. The molecule has 0 atom stereocenters. The molecule has 0 aromatic heterocycles. The van der Waals surface area contributed by atoms with Gasteiger partial charge in [0.25, 0.3) is 5.91 Å². The summed E-state index contributed by atoms with van der Waals surface area (Å²) in [6.07, 6.45) is 2.44. The first-order valence-electron chi connectivity index (χ1n) is 8.85. The molecule has 2 rings (SSSR count). The van der Waals surface area contributed by atoms with E-state index in [1.165, 1.54) is 13.3 Å². The van der Waals surface area contributed by atoms with Crippen molar-refractivity contribution in [2.24, 2.45) is 5.10 Å². The maximum absolute atomic E-state index is 12.2. The van der Waals surface area contributed by atoms with E-state index in [-0.39, 0.29) is 6.61 Å². The zero-order valence-electron chi connectivity index (χ0n) is 16.9. The molecule has 0 spiro atoms. The van der Waals surface area contributed by atoms with Gasteiger partial charge in [-0.25, -0.2) is 18.6 Å². The van der Waals surface area contributed by atoms with E-state index in [0.29, 0.717) is 17.0 Å². The molecule has 0 bridgehead atoms. The Hall–Kier alpha value is -3.40. The number of benzene rings is 2. The zero-order chi connectivity index (χ0) is 22.1. The van der Waals surface area contributed by atoms with E-state index in [1.807, 2.05) is 6.92 Å². The van der Waals surface area contributed by atoms with Crippen molar-refractivity contribution in [3.63, 3.8) is 0 Å². The van der Waals surface area contributed by atoms with E-state index < -0.39 is 28.4 Å². The van der Waals surface area contributed by atoms with Crippen molar-refractivity contribution in [2.75, 3.05) is 30.8 Å². The first-order chi connectivity index (χ1) is 14.2. The van der Waals surface area contributed by atoms with Crippen LogP contribution in [0, 0.1) is 6.92 Å². The summed E-state index contributed by atoms with van der Waals surface area (Å²) in [7, 11) is -2.37. The first-order valence-corrected chi connectivity index (χ1v) is 10.7. The number of anilines is 1. The second-order valence-corrected chi connectivity index (χ2v) is 8.24. The molecular weight excluding hydrogens is 410 g/mol. The predicted molar refractivity (Wildman–Crippen MR) is 113 cm³/mol. The number of hydrazone groups is 1. The third kappa shape index (κ3) is 7.21. The number of sulfonamides is 1. The van der Waals surface area contributed by atoms with Gasteiger partial charge in [0.2, 0.25) is 10.0 Å². The lowest BCUT2D eigenvalue weighted by Crippen LogP contribution is -2.39. The van der Waals surface area contributed by atoms with Gasteiger partial charge in [-0.2, -0.15) is 5.10 Å². The van der Waals surface area contributed by atoms with E-state index in [0.717, 1.165) is 16.1 Å². The number of methoxy groups -OCH3 is 1. The Kier molecular flexibility index (Phi) is 7.93. The second-order valence-electron chi connectivity index (χ2n) is 6.33. The fourth-order valence-electron chi connectivity index (χ4n) is 2.31. The molecule has 2 aromatic carbocycles. The number of rotatable bonds is 9. The minimum atomic E-state index is -3.65. The van der Waals surface area contributed by atoms with Crippen molar-refractivity contribution >= 4 is 33.8 Å². The highest BCUT2D eigenvalue weighted by Crippen LogP contribution is 2.17. The number of ether oxygens (including phenoxy) is 2. The molecule has 2 aromatic rings. The normalized spacial score (nSPS) is 11.2. The topological polar surface area (TPSA) is 114 Å². The van der Waals surface area contributed by atoms with Gasteiger partial charge in [0, 0.05) is 0 Å². The van der Waals surface area contributed by atoms with Crippen LogP contribution in [0.2, 0.25) is 0 Å². The Morgan fingerprint density at radius 2 is 1.73 bits per heavy atom. The Morgan fingerprint density at radius 1 is 1.10 bits per heavy atom. The van der Waals surface area contributed by atoms with Crippen molar-refractivity contribution in [3.8, 4) is 5.75 Å². The van der Waals surface area contributed by atoms with Gasteiger partial charge < -0.3 is 9.47 Å². The predicted octanol–water partition coefficient (Wildman–Crippen LogP) is 1.46. The highest BCUT2D eigenvalue weighted by molar-refractivity contribution is 7.92. The van der Waals surface area contributed by atoms with Crippen LogP contribution in [-0.4, -0.2) is 53.0 Å². The summed E-state index contributed by atoms with van der Waals surface area (Å²) in [5, 5.41) is 3.84. The van der Waals surface area contributed by atoms with E-state index in [2.05, 4.69) is 15.3 Å². The molecule has 160 valence electrons. The molecule has 1 N–H and O–H groups in total. The molecule has 0 heterocycles. The lowest BCUT2D eigenvalue weighted by atomic mass is 10.2. The number of hydrogen-bond acceptors (Lipinski definition) is 7. The first kappa shape index (κ1) is 22.9. The number of aryl methyl sites for hydroxylation is 1. The molecule has 30 heavy (non-hydrogen) atoms. The largest absolute Gasteiger partial charge is 0.482 e. The van der Waals surface area contributed by atoms with E-state index in [4.69, 9.17) is 4.74 Å². The number of nitrogens with zero attached hydrogens (tertiary/aromatic N) is 2. The minimum absolute atomic E-state index is 0.197. The minimum Gasteiger partial charge on any atom is -0.482 e. The number of nitrogens with one attached hydrogen (secondary N) is 1.